The van der Waals surface area contributed by atoms with Crippen molar-refractivity contribution >= 4 is 5.91 Å². The second-order valence-electron chi connectivity index (χ2n) is 7.21. The third-order valence-corrected chi connectivity index (χ3v) is 4.50. The molecular formula is C24H27N3O4. The first-order valence-corrected chi connectivity index (χ1v) is 10.1. The van der Waals surface area contributed by atoms with Crippen LogP contribution in [0.1, 0.15) is 29.9 Å². The number of hydrogen-bond donors (Lipinski definition) is 1. The number of aromatic nitrogens is 2. The molecule has 0 atom stereocenters. The van der Waals surface area contributed by atoms with Gasteiger partial charge in [0.25, 0.3) is 5.91 Å². The van der Waals surface area contributed by atoms with Crippen LogP contribution in [0.4, 0.5) is 0 Å². The Morgan fingerprint density at radius 3 is 2.26 bits per heavy atom. The quantitative estimate of drug-likeness (QED) is 0.564. The molecule has 7 nitrogen and oxygen atoms in total. The highest BCUT2D eigenvalue weighted by atomic mass is 16.5. The van der Waals surface area contributed by atoms with Gasteiger partial charge in [0.05, 0.1) is 38.4 Å². The van der Waals surface area contributed by atoms with Gasteiger partial charge in [0, 0.05) is 18.2 Å². The molecule has 1 amide bonds. The fourth-order valence-corrected chi connectivity index (χ4v) is 3.01. The lowest BCUT2D eigenvalue weighted by Crippen LogP contribution is -2.26. The zero-order valence-electron chi connectivity index (χ0n) is 18.2. The van der Waals surface area contributed by atoms with Gasteiger partial charge in [0.15, 0.2) is 0 Å². The summed E-state index contributed by atoms with van der Waals surface area (Å²) in [7, 11) is 3.22. The molecule has 0 radical (unpaired) electrons. The van der Waals surface area contributed by atoms with Crippen molar-refractivity contribution < 1.29 is 19.0 Å². The van der Waals surface area contributed by atoms with Crippen molar-refractivity contribution in [3.8, 4) is 28.5 Å². The third kappa shape index (κ3) is 6.18. The monoisotopic (exact) mass is 421 g/mol. The topological polar surface area (TPSA) is 82.6 Å². The lowest BCUT2D eigenvalue weighted by Gasteiger charge is -2.10. The predicted octanol–water partition coefficient (Wildman–Crippen LogP) is 3.92. The van der Waals surface area contributed by atoms with E-state index in [4.69, 9.17) is 14.2 Å². The van der Waals surface area contributed by atoms with Crippen molar-refractivity contribution in [1.82, 2.24) is 15.3 Å². The molecule has 0 aliphatic rings. The first-order chi connectivity index (χ1) is 15.0. The van der Waals surface area contributed by atoms with Gasteiger partial charge in [-0.15, -0.1) is 0 Å². The van der Waals surface area contributed by atoms with E-state index in [0.717, 1.165) is 16.9 Å². The smallest absolute Gasteiger partial charge is 0.271 e. The van der Waals surface area contributed by atoms with Crippen LogP contribution in [-0.2, 0) is 6.42 Å². The number of ether oxygens (including phenoxy) is 3. The Balaban J connectivity index is 1.63. The van der Waals surface area contributed by atoms with Crippen molar-refractivity contribution in [2.75, 3.05) is 20.8 Å². The zero-order chi connectivity index (χ0) is 22.2. The first kappa shape index (κ1) is 22.1. The molecule has 3 aromatic rings. The summed E-state index contributed by atoms with van der Waals surface area (Å²) < 4.78 is 16.2. The van der Waals surface area contributed by atoms with Crippen LogP contribution in [-0.4, -0.2) is 42.7 Å². The molecule has 0 unspecified atom stereocenters. The number of nitrogens with zero attached hydrogens (tertiary/aromatic N) is 2. The maximum atomic E-state index is 12.6. The predicted molar refractivity (Wildman–Crippen MR) is 119 cm³/mol. The van der Waals surface area contributed by atoms with Gasteiger partial charge in [-0.1, -0.05) is 0 Å². The molecule has 0 spiro atoms. The number of benzene rings is 2. The van der Waals surface area contributed by atoms with Crippen LogP contribution in [0.2, 0.25) is 0 Å². The Kier molecular flexibility index (Phi) is 7.43. The van der Waals surface area contributed by atoms with Crippen LogP contribution < -0.4 is 19.5 Å². The van der Waals surface area contributed by atoms with Gasteiger partial charge in [0.2, 0.25) is 0 Å². The molecule has 2 aromatic carbocycles. The van der Waals surface area contributed by atoms with Crippen LogP contribution >= 0.6 is 0 Å². The standard InChI is InChI=1S/C24H27N3O4/c1-16(2)31-19-7-5-18(6-8-19)22-14-25-15-23(27-22)24(28)26-10-9-17-11-20(29-3)13-21(12-17)30-4/h5-8,11-16H,9-10H2,1-4H3,(H,26,28). The first-order valence-electron chi connectivity index (χ1n) is 10.1. The number of carbonyl (C=O) groups is 1. The minimum atomic E-state index is -0.274. The van der Waals surface area contributed by atoms with E-state index in [-0.39, 0.29) is 17.7 Å². The second-order valence-corrected chi connectivity index (χ2v) is 7.21. The van der Waals surface area contributed by atoms with Crippen LogP contribution in [0.15, 0.2) is 54.9 Å². The highest BCUT2D eigenvalue weighted by molar-refractivity contribution is 5.92. The van der Waals surface area contributed by atoms with Crippen LogP contribution in [0, 0.1) is 0 Å². The molecule has 0 aliphatic carbocycles. The van der Waals surface area contributed by atoms with Crippen LogP contribution in [0.5, 0.6) is 17.2 Å². The fraction of sp³-hybridized carbons (Fsp3) is 0.292. The highest BCUT2D eigenvalue weighted by Gasteiger charge is 2.10. The molecule has 0 aliphatic heterocycles. The number of methoxy groups -OCH3 is 2. The van der Waals surface area contributed by atoms with E-state index in [1.165, 1.54) is 6.20 Å². The normalized spacial score (nSPS) is 10.6. The molecule has 0 fully saturated rings. The third-order valence-electron chi connectivity index (χ3n) is 4.50. The zero-order valence-corrected chi connectivity index (χ0v) is 18.2. The second kappa shape index (κ2) is 10.4. The Morgan fingerprint density at radius 1 is 0.968 bits per heavy atom. The van der Waals surface area contributed by atoms with Crippen molar-refractivity contribution in [3.63, 3.8) is 0 Å². The summed E-state index contributed by atoms with van der Waals surface area (Å²) >= 11 is 0. The number of carbonyl (C=O) groups excluding carboxylic acids is 1. The van der Waals surface area contributed by atoms with E-state index in [1.807, 2.05) is 56.3 Å². The molecule has 3 rings (SSSR count). The molecular weight excluding hydrogens is 394 g/mol. The number of hydrogen-bond acceptors (Lipinski definition) is 6. The van der Waals surface area contributed by atoms with Gasteiger partial charge in [-0.25, -0.2) is 4.98 Å². The summed E-state index contributed by atoms with van der Waals surface area (Å²) in [5.74, 6) is 1.94. The SMILES string of the molecule is COc1cc(CCNC(=O)c2cncc(-c3ccc(OC(C)C)cc3)n2)cc(OC)c1. The summed E-state index contributed by atoms with van der Waals surface area (Å²) in [6, 6.07) is 13.2. The van der Waals surface area contributed by atoms with Gasteiger partial charge in [-0.3, -0.25) is 9.78 Å². The van der Waals surface area contributed by atoms with E-state index < -0.39 is 0 Å². The summed E-state index contributed by atoms with van der Waals surface area (Å²) in [6.07, 6.45) is 3.83. The number of rotatable bonds is 9. The molecule has 31 heavy (non-hydrogen) atoms. The Bertz CT molecular complexity index is 997. The molecule has 162 valence electrons. The highest BCUT2D eigenvalue weighted by Crippen LogP contribution is 2.23. The number of amides is 1. The molecule has 1 aromatic heterocycles. The lowest BCUT2D eigenvalue weighted by atomic mass is 10.1. The van der Waals surface area contributed by atoms with Gasteiger partial charge in [-0.05, 0) is 62.2 Å². The average molecular weight is 421 g/mol. The van der Waals surface area contributed by atoms with Crippen molar-refractivity contribution in [2.24, 2.45) is 0 Å². The van der Waals surface area contributed by atoms with Gasteiger partial charge in [0.1, 0.15) is 22.9 Å². The summed E-state index contributed by atoms with van der Waals surface area (Å²) in [5, 5.41) is 2.89. The summed E-state index contributed by atoms with van der Waals surface area (Å²) in [6.45, 7) is 4.40. The van der Waals surface area contributed by atoms with Crippen molar-refractivity contribution in [3.05, 3.63) is 66.1 Å². The number of nitrogens with one attached hydrogen (secondary N) is 1. The van der Waals surface area contributed by atoms with Crippen LogP contribution in [0.25, 0.3) is 11.3 Å². The summed E-state index contributed by atoms with van der Waals surface area (Å²) in [5.41, 5.74) is 2.76. The molecule has 0 saturated heterocycles. The van der Waals surface area contributed by atoms with Gasteiger partial charge in [-0.2, -0.15) is 0 Å². The van der Waals surface area contributed by atoms with E-state index in [9.17, 15) is 4.79 Å². The largest absolute Gasteiger partial charge is 0.497 e. The van der Waals surface area contributed by atoms with Crippen molar-refractivity contribution in [1.29, 1.82) is 0 Å². The van der Waals surface area contributed by atoms with Crippen molar-refractivity contribution in [2.45, 2.75) is 26.4 Å². The minimum absolute atomic E-state index is 0.107. The summed E-state index contributed by atoms with van der Waals surface area (Å²) in [4.78, 5) is 21.2. The van der Waals surface area contributed by atoms with Gasteiger partial charge >= 0.3 is 0 Å². The lowest BCUT2D eigenvalue weighted by molar-refractivity contribution is 0.0949. The molecule has 0 saturated carbocycles. The maximum Gasteiger partial charge on any atom is 0.271 e. The molecule has 1 N–H and O–H groups in total. The van der Waals surface area contributed by atoms with Crippen LogP contribution in [0.3, 0.4) is 0 Å². The Labute approximate surface area is 182 Å². The molecule has 1 heterocycles. The van der Waals surface area contributed by atoms with E-state index in [0.29, 0.717) is 30.2 Å². The minimum Gasteiger partial charge on any atom is -0.497 e. The Morgan fingerprint density at radius 2 is 1.65 bits per heavy atom. The van der Waals surface area contributed by atoms with E-state index in [2.05, 4.69) is 15.3 Å². The maximum absolute atomic E-state index is 12.6. The van der Waals surface area contributed by atoms with Gasteiger partial charge < -0.3 is 19.5 Å². The fourth-order valence-electron chi connectivity index (χ4n) is 3.01. The molecule has 7 heteroatoms. The van der Waals surface area contributed by atoms with E-state index >= 15 is 0 Å². The Hall–Kier alpha value is -3.61. The van der Waals surface area contributed by atoms with E-state index in [1.54, 1.807) is 20.4 Å². The molecule has 0 bridgehead atoms. The average Bonchev–Trinajstić information content (AvgIpc) is 2.79.